The number of hydrogen-bond donors (Lipinski definition) is 1. The van der Waals surface area contributed by atoms with E-state index in [2.05, 4.69) is 9.98 Å². The van der Waals surface area contributed by atoms with Crippen LogP contribution in [-0.4, -0.2) is 35.1 Å². The van der Waals surface area contributed by atoms with Crippen LogP contribution in [0, 0.1) is 0 Å². The summed E-state index contributed by atoms with van der Waals surface area (Å²) in [6, 6.07) is 0. The lowest BCUT2D eigenvalue weighted by molar-refractivity contribution is -0.198. The minimum Gasteiger partial charge on any atom is -0.476 e. The summed E-state index contributed by atoms with van der Waals surface area (Å²) in [5.74, 6) is -1.24. The van der Waals surface area contributed by atoms with Gasteiger partial charge in [0.25, 0.3) is 0 Å². The summed E-state index contributed by atoms with van der Waals surface area (Å²) in [6.45, 7) is -1.45. The summed E-state index contributed by atoms with van der Waals surface area (Å²) in [7, 11) is 0. The summed E-state index contributed by atoms with van der Waals surface area (Å²) in [5, 5.41) is 10.2. The number of thiazole rings is 1. The Hall–Kier alpha value is -1.74. The van der Waals surface area contributed by atoms with Crippen molar-refractivity contribution in [3.05, 3.63) is 28.4 Å². The summed E-state index contributed by atoms with van der Waals surface area (Å²) in [6.07, 6.45) is -0.363. The zero-order valence-corrected chi connectivity index (χ0v) is 10.7. The molecule has 1 unspecified atom stereocenters. The highest BCUT2D eigenvalue weighted by Crippen LogP contribution is 2.36. The van der Waals surface area contributed by atoms with E-state index in [-0.39, 0.29) is 17.1 Å². The van der Waals surface area contributed by atoms with Gasteiger partial charge in [0.1, 0.15) is 17.2 Å². The van der Waals surface area contributed by atoms with Gasteiger partial charge in [0.05, 0.1) is 0 Å². The van der Waals surface area contributed by atoms with Gasteiger partial charge in [-0.25, -0.2) is 9.78 Å². The highest BCUT2D eigenvalue weighted by atomic mass is 32.1. The first-order valence-corrected chi connectivity index (χ1v) is 6.30. The van der Waals surface area contributed by atoms with E-state index in [1.807, 2.05) is 0 Å². The van der Waals surface area contributed by atoms with Gasteiger partial charge < -0.3 is 9.84 Å². The summed E-state index contributed by atoms with van der Waals surface area (Å²) in [4.78, 5) is 18.4. The quantitative estimate of drug-likeness (QED) is 0.928. The summed E-state index contributed by atoms with van der Waals surface area (Å²) >= 11 is 0.937. The normalized spacial score (nSPS) is 22.1. The van der Waals surface area contributed by atoms with Crippen LogP contribution in [0.4, 0.5) is 13.2 Å². The molecule has 2 rings (SSSR count). The van der Waals surface area contributed by atoms with Crippen molar-refractivity contribution in [1.29, 1.82) is 0 Å². The van der Waals surface area contributed by atoms with Crippen LogP contribution in [0.3, 0.4) is 0 Å². The number of halogens is 3. The zero-order chi connectivity index (χ0) is 14.8. The fourth-order valence-electron chi connectivity index (χ4n) is 1.58. The fourth-order valence-corrected chi connectivity index (χ4v) is 2.52. The number of carboxylic acid groups (broad SMARTS) is 1. The molecule has 1 aliphatic heterocycles. The molecule has 20 heavy (non-hydrogen) atoms. The Bertz CT molecular complexity index is 568. The van der Waals surface area contributed by atoms with Crippen LogP contribution in [0.15, 0.2) is 22.6 Å². The minimum atomic E-state index is -4.48. The van der Waals surface area contributed by atoms with Crippen LogP contribution in [0.5, 0.6) is 0 Å². The SMILES string of the molecule is O=C(O)c1csc(C2(OCC(F)(F)F)C=CN=CC2)n1. The maximum atomic E-state index is 12.3. The van der Waals surface area contributed by atoms with Crippen molar-refractivity contribution in [1.82, 2.24) is 4.98 Å². The third kappa shape index (κ3) is 3.23. The van der Waals surface area contributed by atoms with E-state index in [1.54, 1.807) is 0 Å². The largest absolute Gasteiger partial charge is 0.476 e. The fraction of sp³-hybridized carbons (Fsp3) is 0.364. The Morgan fingerprint density at radius 1 is 1.55 bits per heavy atom. The molecule has 0 spiro atoms. The highest BCUT2D eigenvalue weighted by molar-refractivity contribution is 7.10. The van der Waals surface area contributed by atoms with Crippen molar-refractivity contribution < 1.29 is 27.8 Å². The van der Waals surface area contributed by atoms with Gasteiger partial charge in [0.15, 0.2) is 5.69 Å². The van der Waals surface area contributed by atoms with Crippen LogP contribution in [0.1, 0.15) is 21.9 Å². The van der Waals surface area contributed by atoms with E-state index >= 15 is 0 Å². The van der Waals surface area contributed by atoms with Crippen molar-refractivity contribution in [2.24, 2.45) is 4.99 Å². The average Bonchev–Trinajstić information content (AvgIpc) is 2.87. The average molecular weight is 306 g/mol. The maximum absolute atomic E-state index is 12.3. The second-order valence-electron chi connectivity index (χ2n) is 3.99. The second kappa shape index (κ2) is 5.33. The number of aromatic nitrogens is 1. The van der Waals surface area contributed by atoms with Crippen molar-refractivity contribution in [2.45, 2.75) is 18.2 Å². The molecule has 2 heterocycles. The van der Waals surface area contributed by atoms with E-state index in [4.69, 9.17) is 9.84 Å². The minimum absolute atomic E-state index is 0.0617. The van der Waals surface area contributed by atoms with Gasteiger partial charge in [-0.1, -0.05) is 0 Å². The van der Waals surface area contributed by atoms with E-state index in [0.717, 1.165) is 11.3 Å². The van der Waals surface area contributed by atoms with Gasteiger partial charge in [0.2, 0.25) is 0 Å². The number of nitrogens with zero attached hydrogens (tertiary/aromatic N) is 2. The van der Waals surface area contributed by atoms with Crippen LogP contribution in [0.2, 0.25) is 0 Å². The number of aromatic carboxylic acids is 1. The van der Waals surface area contributed by atoms with Gasteiger partial charge in [0, 0.05) is 24.2 Å². The molecular formula is C11H9F3N2O3S. The van der Waals surface area contributed by atoms with Gasteiger partial charge in [-0.05, 0) is 6.08 Å². The number of alkyl halides is 3. The van der Waals surface area contributed by atoms with Crippen molar-refractivity contribution >= 4 is 23.5 Å². The molecule has 0 fully saturated rings. The van der Waals surface area contributed by atoms with E-state index in [1.165, 1.54) is 23.9 Å². The van der Waals surface area contributed by atoms with Gasteiger partial charge in [-0.2, -0.15) is 13.2 Å². The molecule has 0 aliphatic carbocycles. The third-order valence-electron chi connectivity index (χ3n) is 2.51. The van der Waals surface area contributed by atoms with Crippen LogP contribution >= 0.6 is 11.3 Å². The molecule has 1 atom stereocenters. The summed E-state index contributed by atoms with van der Waals surface area (Å²) < 4.78 is 42.0. The molecule has 1 N–H and O–H groups in total. The second-order valence-corrected chi connectivity index (χ2v) is 4.85. The Balaban J connectivity index is 2.29. The van der Waals surface area contributed by atoms with Crippen LogP contribution < -0.4 is 0 Å². The molecule has 0 amide bonds. The standard InChI is InChI=1S/C11H9F3N2O3S/c12-11(13,14)6-19-10(1-3-15-4-2-10)9-16-7(5-20-9)8(17)18/h1,3-5H,2,6H2,(H,17,18). The number of carbonyl (C=O) groups is 1. The van der Waals surface area contributed by atoms with Gasteiger partial charge >= 0.3 is 12.1 Å². The van der Waals surface area contributed by atoms with Crippen LogP contribution in [0.25, 0.3) is 0 Å². The summed E-state index contributed by atoms with van der Waals surface area (Å²) in [5.41, 5.74) is -1.65. The van der Waals surface area contributed by atoms with Gasteiger partial charge in [-0.15, -0.1) is 11.3 Å². The lowest BCUT2D eigenvalue weighted by Gasteiger charge is -2.29. The molecule has 1 aliphatic rings. The molecule has 0 aromatic carbocycles. The lowest BCUT2D eigenvalue weighted by Crippen LogP contribution is -2.33. The Morgan fingerprint density at radius 2 is 2.30 bits per heavy atom. The van der Waals surface area contributed by atoms with Crippen molar-refractivity contribution in [3.63, 3.8) is 0 Å². The molecule has 1 aromatic heterocycles. The maximum Gasteiger partial charge on any atom is 0.411 e. The highest BCUT2D eigenvalue weighted by Gasteiger charge is 2.39. The molecule has 0 saturated carbocycles. The third-order valence-corrected chi connectivity index (χ3v) is 3.51. The van der Waals surface area contributed by atoms with Crippen molar-refractivity contribution in [2.75, 3.05) is 6.61 Å². The predicted molar refractivity (Wildman–Crippen MR) is 65.0 cm³/mol. The Labute approximate surface area is 115 Å². The first-order chi connectivity index (χ1) is 9.32. The number of carboxylic acids is 1. The topological polar surface area (TPSA) is 71.8 Å². The Morgan fingerprint density at radius 3 is 2.80 bits per heavy atom. The smallest absolute Gasteiger partial charge is 0.411 e. The molecule has 0 saturated heterocycles. The molecule has 0 bridgehead atoms. The zero-order valence-electron chi connectivity index (χ0n) is 9.92. The molecule has 108 valence electrons. The molecular weight excluding hydrogens is 297 g/mol. The first kappa shape index (κ1) is 14.7. The number of hydrogen-bond acceptors (Lipinski definition) is 5. The molecule has 9 heteroatoms. The predicted octanol–water partition coefficient (Wildman–Crippen LogP) is 2.60. The van der Waals surface area contributed by atoms with Gasteiger partial charge in [-0.3, -0.25) is 4.99 Å². The number of aliphatic imine (C=N–C) groups is 1. The van der Waals surface area contributed by atoms with Crippen molar-refractivity contribution in [3.8, 4) is 0 Å². The van der Waals surface area contributed by atoms with E-state index < -0.39 is 24.4 Å². The molecule has 5 nitrogen and oxygen atoms in total. The number of ether oxygens (including phenoxy) is 1. The lowest BCUT2D eigenvalue weighted by atomic mass is 9.99. The molecule has 1 aromatic rings. The van der Waals surface area contributed by atoms with Crippen LogP contribution in [-0.2, 0) is 10.3 Å². The Kier molecular flexibility index (Phi) is 3.91. The molecule has 0 radical (unpaired) electrons. The van der Waals surface area contributed by atoms with E-state index in [0.29, 0.717) is 0 Å². The number of rotatable bonds is 4. The van der Waals surface area contributed by atoms with E-state index in [9.17, 15) is 18.0 Å². The first-order valence-electron chi connectivity index (χ1n) is 5.42. The monoisotopic (exact) mass is 306 g/mol.